The van der Waals surface area contributed by atoms with Crippen molar-refractivity contribution in [3.63, 3.8) is 0 Å². The van der Waals surface area contributed by atoms with E-state index in [-0.39, 0.29) is 16.9 Å². The van der Waals surface area contributed by atoms with E-state index in [2.05, 4.69) is 5.32 Å². The van der Waals surface area contributed by atoms with E-state index in [9.17, 15) is 19.5 Å². The Hall–Kier alpha value is -1.51. The van der Waals surface area contributed by atoms with Gasteiger partial charge in [-0.05, 0) is 25.3 Å². The van der Waals surface area contributed by atoms with E-state index in [0.717, 1.165) is 0 Å². The molecule has 6 nitrogen and oxygen atoms in total. The first kappa shape index (κ1) is 17.3. The lowest BCUT2D eigenvalue weighted by molar-refractivity contribution is -0.160. The Labute approximate surface area is 151 Å². The van der Waals surface area contributed by atoms with Gasteiger partial charge in [-0.2, -0.15) is 0 Å². The number of fused-ring (bicyclic) bond motifs is 1. The second-order valence-corrected chi connectivity index (χ2v) is 8.99. The van der Waals surface area contributed by atoms with Crippen molar-refractivity contribution in [2.24, 2.45) is 0 Å². The summed E-state index contributed by atoms with van der Waals surface area (Å²) in [6.07, 6.45) is 0. The van der Waals surface area contributed by atoms with Crippen molar-refractivity contribution in [3.8, 4) is 0 Å². The predicted octanol–water partition coefficient (Wildman–Crippen LogP) is 1.96. The van der Waals surface area contributed by atoms with Crippen molar-refractivity contribution in [1.29, 1.82) is 0 Å². The highest BCUT2D eigenvalue weighted by Gasteiger charge is 2.64. The smallest absolute Gasteiger partial charge is 0.327 e. The maximum absolute atomic E-state index is 12.4. The zero-order valence-corrected chi connectivity index (χ0v) is 15.2. The van der Waals surface area contributed by atoms with Crippen LogP contribution in [0.4, 0.5) is 0 Å². The number of rotatable bonds is 4. The lowest BCUT2D eigenvalue weighted by Gasteiger charge is -2.43. The Bertz CT molecular complexity index is 732. The molecule has 24 heavy (non-hydrogen) atoms. The van der Waals surface area contributed by atoms with Crippen LogP contribution in [0.5, 0.6) is 0 Å². The Balaban J connectivity index is 1.76. The predicted molar refractivity (Wildman–Crippen MR) is 93.8 cm³/mol. The van der Waals surface area contributed by atoms with Gasteiger partial charge in [0.25, 0.3) is 5.91 Å². The van der Waals surface area contributed by atoms with Gasteiger partial charge in [-0.15, -0.1) is 23.1 Å². The van der Waals surface area contributed by atoms with Crippen molar-refractivity contribution >= 4 is 58.1 Å². The molecule has 3 rings (SSSR count). The lowest BCUT2D eigenvalue weighted by atomic mass is 9.96. The molecule has 3 heterocycles. The quantitative estimate of drug-likeness (QED) is 0.610. The summed E-state index contributed by atoms with van der Waals surface area (Å²) in [7, 11) is 0. The van der Waals surface area contributed by atoms with E-state index in [1.165, 1.54) is 33.5 Å². The zero-order valence-electron chi connectivity index (χ0n) is 12.9. The maximum atomic E-state index is 12.4. The Morgan fingerprint density at radius 2 is 2.17 bits per heavy atom. The minimum atomic E-state index is -1.03. The van der Waals surface area contributed by atoms with Crippen molar-refractivity contribution < 1.29 is 19.5 Å². The van der Waals surface area contributed by atoms with Gasteiger partial charge in [0.05, 0.1) is 5.57 Å². The fourth-order valence-electron chi connectivity index (χ4n) is 3.01. The van der Waals surface area contributed by atoms with E-state index >= 15 is 0 Å². The van der Waals surface area contributed by atoms with Crippen LogP contribution in [0.3, 0.4) is 0 Å². The molecule has 0 saturated carbocycles. The highest BCUT2D eigenvalue weighted by Crippen LogP contribution is 2.50. The summed E-state index contributed by atoms with van der Waals surface area (Å²) in [6.45, 7) is 3.58. The fraction of sp³-hybridized carbons (Fsp3) is 0.400. The van der Waals surface area contributed by atoms with Gasteiger partial charge in [0.2, 0.25) is 5.91 Å². The molecule has 0 spiro atoms. The molecule has 9 heteroatoms. The number of carboxylic acids is 1. The van der Waals surface area contributed by atoms with Gasteiger partial charge in [-0.3, -0.25) is 9.59 Å². The summed E-state index contributed by atoms with van der Waals surface area (Å²) < 4.78 is -0.620. The molecular weight excluding hydrogens is 372 g/mol. The molecule has 0 radical (unpaired) electrons. The standard InChI is InChI=1S/C15H15ClN2O4S2/c1-15(2)10(14(21)22)18-12(20)9(13(18)24-15)17-11(19)7(6-16)8-4-3-5-23-8/h3-6,9-10,13H,1-2H3,(H,17,19)(H,21,22)/t9-,10+,13-/m1/s1. The van der Waals surface area contributed by atoms with Gasteiger partial charge in [0.1, 0.15) is 17.5 Å². The van der Waals surface area contributed by atoms with Crippen LogP contribution in [0.2, 0.25) is 0 Å². The highest BCUT2D eigenvalue weighted by molar-refractivity contribution is 8.01. The number of halogens is 1. The maximum Gasteiger partial charge on any atom is 0.327 e. The van der Waals surface area contributed by atoms with Gasteiger partial charge in [-0.1, -0.05) is 17.7 Å². The molecule has 128 valence electrons. The molecule has 0 aliphatic carbocycles. The number of amides is 2. The molecule has 2 N–H and O–H groups in total. The molecular formula is C15H15ClN2O4S2. The first-order chi connectivity index (χ1) is 11.3. The molecule has 0 unspecified atom stereocenters. The molecule has 2 saturated heterocycles. The monoisotopic (exact) mass is 386 g/mol. The summed E-state index contributed by atoms with van der Waals surface area (Å²) in [4.78, 5) is 38.3. The SMILES string of the molecule is CC1(C)S[C@@H]2[C@H](NC(=O)C(=CCl)c3cccs3)C(=O)N2[C@H]1C(=O)O. The fourth-order valence-corrected chi connectivity index (χ4v) is 5.66. The van der Waals surface area contributed by atoms with Gasteiger partial charge in [-0.25, -0.2) is 4.79 Å². The average Bonchev–Trinajstić information content (AvgIpc) is 3.10. The van der Waals surface area contributed by atoms with Crippen molar-refractivity contribution in [1.82, 2.24) is 10.2 Å². The third-order valence-corrected chi connectivity index (χ3v) is 6.79. The van der Waals surface area contributed by atoms with Crippen LogP contribution in [0.15, 0.2) is 23.0 Å². The normalized spacial score (nSPS) is 28.3. The summed E-state index contributed by atoms with van der Waals surface area (Å²) in [5.41, 5.74) is 1.48. The number of thioether (sulfide) groups is 1. The van der Waals surface area contributed by atoms with Crippen LogP contribution in [-0.4, -0.2) is 50.0 Å². The van der Waals surface area contributed by atoms with Gasteiger partial charge in [0.15, 0.2) is 0 Å². The van der Waals surface area contributed by atoms with Gasteiger partial charge in [0, 0.05) is 15.2 Å². The molecule has 0 bridgehead atoms. The summed E-state index contributed by atoms with van der Waals surface area (Å²) in [5, 5.41) is 13.5. The molecule has 3 atom stereocenters. The highest BCUT2D eigenvalue weighted by atomic mass is 35.5. The molecule has 1 aromatic rings. The van der Waals surface area contributed by atoms with Crippen LogP contribution in [0.25, 0.3) is 5.57 Å². The first-order valence-electron chi connectivity index (χ1n) is 7.16. The second kappa shape index (κ2) is 6.09. The number of aliphatic carboxylic acids is 1. The molecule has 0 aromatic carbocycles. The van der Waals surface area contributed by atoms with Crippen LogP contribution in [-0.2, 0) is 14.4 Å². The van der Waals surface area contributed by atoms with E-state index in [1.54, 1.807) is 26.0 Å². The van der Waals surface area contributed by atoms with Crippen molar-refractivity contribution in [3.05, 3.63) is 27.9 Å². The topological polar surface area (TPSA) is 86.7 Å². The minimum absolute atomic E-state index is 0.287. The molecule has 1 aromatic heterocycles. The molecule has 2 aliphatic heterocycles. The van der Waals surface area contributed by atoms with Crippen LogP contribution in [0, 0.1) is 0 Å². The third kappa shape index (κ3) is 2.62. The number of thiophene rings is 1. The van der Waals surface area contributed by atoms with E-state index in [1.807, 2.05) is 5.38 Å². The Kier molecular flexibility index (Phi) is 4.39. The number of carbonyl (C=O) groups is 3. The van der Waals surface area contributed by atoms with E-state index in [0.29, 0.717) is 4.88 Å². The first-order valence-corrected chi connectivity index (χ1v) is 9.35. The number of nitrogens with one attached hydrogen (secondary N) is 1. The van der Waals surface area contributed by atoms with Gasteiger partial charge >= 0.3 is 5.97 Å². The van der Waals surface area contributed by atoms with Crippen LogP contribution < -0.4 is 5.32 Å². The van der Waals surface area contributed by atoms with Crippen molar-refractivity contribution in [2.45, 2.75) is 36.1 Å². The summed E-state index contributed by atoms with van der Waals surface area (Å²) in [5.74, 6) is -1.85. The lowest BCUT2D eigenvalue weighted by Crippen LogP contribution is -2.70. The van der Waals surface area contributed by atoms with E-state index in [4.69, 9.17) is 11.6 Å². The number of nitrogens with zero attached hydrogens (tertiary/aromatic N) is 1. The van der Waals surface area contributed by atoms with E-state index < -0.39 is 28.7 Å². The largest absolute Gasteiger partial charge is 0.480 e. The summed E-state index contributed by atoms with van der Waals surface area (Å²) in [6, 6.07) is 1.93. The molecule has 2 aliphatic rings. The van der Waals surface area contributed by atoms with Gasteiger partial charge < -0.3 is 15.3 Å². The third-order valence-electron chi connectivity index (χ3n) is 4.10. The average molecular weight is 387 g/mol. The Morgan fingerprint density at radius 1 is 1.46 bits per heavy atom. The summed E-state index contributed by atoms with van der Waals surface area (Å²) >= 11 is 8.52. The minimum Gasteiger partial charge on any atom is -0.480 e. The number of carboxylic acid groups (broad SMARTS) is 1. The number of carbonyl (C=O) groups excluding carboxylic acids is 2. The number of β-lactam (4-membered cyclic amide) rings is 1. The zero-order chi connectivity index (χ0) is 17.6. The molecule has 2 fully saturated rings. The second-order valence-electron chi connectivity index (χ2n) is 6.05. The Morgan fingerprint density at radius 3 is 2.71 bits per heavy atom. The number of hydrogen-bond acceptors (Lipinski definition) is 5. The molecule has 2 amide bonds. The van der Waals surface area contributed by atoms with Crippen LogP contribution in [0.1, 0.15) is 18.7 Å². The van der Waals surface area contributed by atoms with Crippen molar-refractivity contribution in [2.75, 3.05) is 0 Å². The van der Waals surface area contributed by atoms with Crippen LogP contribution >= 0.6 is 34.7 Å². The number of hydrogen-bond donors (Lipinski definition) is 2.